The topological polar surface area (TPSA) is 59.7 Å². The molecule has 2 N–H and O–H groups in total. The number of anilines is 1. The second-order valence-electron chi connectivity index (χ2n) is 6.24. The van der Waals surface area contributed by atoms with Gasteiger partial charge in [0, 0.05) is 25.0 Å². The van der Waals surface area contributed by atoms with Crippen molar-refractivity contribution < 1.29 is 0 Å². The summed E-state index contributed by atoms with van der Waals surface area (Å²) in [5.74, 6) is 0.724. The van der Waals surface area contributed by atoms with Crippen LogP contribution in [0.5, 0.6) is 0 Å². The highest BCUT2D eigenvalue weighted by atomic mass is 32.1. The van der Waals surface area contributed by atoms with Gasteiger partial charge in [-0.1, -0.05) is 24.3 Å². The average Bonchev–Trinajstić information content (AvgIpc) is 3.26. The summed E-state index contributed by atoms with van der Waals surface area (Å²) in [6.07, 6.45) is 3.92. The van der Waals surface area contributed by atoms with Gasteiger partial charge >= 0.3 is 0 Å². The Bertz CT molecular complexity index is 882. The standard InChI is InChI=1S/C19H24N6S/c1-4-24-11-9-17(22-24)15(3)20-19(26)21-18-10-12-25(23-18)13-16-8-6-5-7-14(16)2/h5-12,15H,4,13H2,1-3H3,(H2,20,21,23,26). The summed E-state index contributed by atoms with van der Waals surface area (Å²) >= 11 is 5.40. The van der Waals surface area contributed by atoms with E-state index in [0.29, 0.717) is 5.11 Å². The smallest absolute Gasteiger partial charge is 0.172 e. The second-order valence-corrected chi connectivity index (χ2v) is 6.65. The number of thiocarbonyl (C=S) groups is 1. The van der Waals surface area contributed by atoms with E-state index in [1.807, 2.05) is 52.9 Å². The van der Waals surface area contributed by atoms with Gasteiger partial charge in [-0.2, -0.15) is 10.2 Å². The monoisotopic (exact) mass is 368 g/mol. The second kappa shape index (κ2) is 8.14. The molecule has 2 aromatic heterocycles. The van der Waals surface area contributed by atoms with Crippen LogP contribution in [0.3, 0.4) is 0 Å². The number of hydrogen-bond acceptors (Lipinski definition) is 3. The molecule has 0 fully saturated rings. The van der Waals surface area contributed by atoms with E-state index in [1.54, 1.807) is 0 Å². The number of benzene rings is 1. The van der Waals surface area contributed by atoms with Crippen LogP contribution in [0.25, 0.3) is 0 Å². The fourth-order valence-electron chi connectivity index (χ4n) is 2.69. The van der Waals surface area contributed by atoms with Crippen LogP contribution in [-0.4, -0.2) is 24.7 Å². The quantitative estimate of drug-likeness (QED) is 0.652. The van der Waals surface area contributed by atoms with Crippen molar-refractivity contribution in [3.8, 4) is 0 Å². The molecule has 1 atom stereocenters. The van der Waals surface area contributed by atoms with E-state index >= 15 is 0 Å². The summed E-state index contributed by atoms with van der Waals surface area (Å²) < 4.78 is 3.80. The minimum absolute atomic E-state index is 0.0249. The van der Waals surface area contributed by atoms with Crippen molar-refractivity contribution in [2.24, 2.45) is 0 Å². The van der Waals surface area contributed by atoms with Crippen LogP contribution in [0.15, 0.2) is 48.8 Å². The van der Waals surface area contributed by atoms with E-state index < -0.39 is 0 Å². The molecular weight excluding hydrogens is 344 g/mol. The molecule has 0 aliphatic carbocycles. The van der Waals surface area contributed by atoms with Gasteiger partial charge in [0.1, 0.15) is 0 Å². The highest BCUT2D eigenvalue weighted by Gasteiger charge is 2.11. The lowest BCUT2D eigenvalue weighted by molar-refractivity contribution is 0.613. The summed E-state index contributed by atoms with van der Waals surface area (Å²) in [5.41, 5.74) is 3.47. The van der Waals surface area contributed by atoms with Crippen molar-refractivity contribution in [2.45, 2.75) is 39.9 Å². The molecule has 1 unspecified atom stereocenters. The van der Waals surface area contributed by atoms with E-state index in [1.165, 1.54) is 11.1 Å². The van der Waals surface area contributed by atoms with Gasteiger partial charge < -0.3 is 10.6 Å². The molecule has 0 radical (unpaired) electrons. The van der Waals surface area contributed by atoms with E-state index in [-0.39, 0.29) is 6.04 Å². The van der Waals surface area contributed by atoms with Crippen molar-refractivity contribution in [2.75, 3.05) is 5.32 Å². The summed E-state index contributed by atoms with van der Waals surface area (Å²) in [7, 11) is 0. The van der Waals surface area contributed by atoms with Gasteiger partial charge in [-0.3, -0.25) is 9.36 Å². The molecule has 3 rings (SSSR count). The maximum atomic E-state index is 5.40. The predicted octanol–water partition coefficient (Wildman–Crippen LogP) is 3.50. The minimum atomic E-state index is 0.0249. The summed E-state index contributed by atoms with van der Waals surface area (Å²) in [5, 5.41) is 16.0. The third kappa shape index (κ3) is 4.49. The number of nitrogens with zero attached hydrogens (tertiary/aromatic N) is 4. The molecule has 0 aliphatic heterocycles. The number of aromatic nitrogens is 4. The van der Waals surface area contributed by atoms with Crippen LogP contribution in [0.1, 0.15) is 36.7 Å². The normalized spacial score (nSPS) is 12.0. The van der Waals surface area contributed by atoms with Crippen molar-refractivity contribution >= 4 is 23.1 Å². The van der Waals surface area contributed by atoms with Crippen molar-refractivity contribution in [1.82, 2.24) is 24.9 Å². The first-order valence-corrected chi connectivity index (χ1v) is 9.15. The van der Waals surface area contributed by atoms with Gasteiger partial charge in [-0.25, -0.2) is 0 Å². The largest absolute Gasteiger partial charge is 0.354 e. The first-order chi connectivity index (χ1) is 12.5. The molecule has 0 spiro atoms. The number of aryl methyl sites for hydroxylation is 2. The molecule has 7 heteroatoms. The molecule has 3 aromatic rings. The molecule has 2 heterocycles. The van der Waals surface area contributed by atoms with Crippen LogP contribution in [0.2, 0.25) is 0 Å². The molecule has 26 heavy (non-hydrogen) atoms. The third-order valence-electron chi connectivity index (χ3n) is 4.25. The van der Waals surface area contributed by atoms with Crippen LogP contribution < -0.4 is 10.6 Å². The number of rotatable bonds is 6. The summed E-state index contributed by atoms with van der Waals surface area (Å²) in [4.78, 5) is 0. The number of nitrogens with one attached hydrogen (secondary N) is 2. The Morgan fingerprint density at radius 3 is 2.62 bits per heavy atom. The van der Waals surface area contributed by atoms with Crippen LogP contribution in [-0.2, 0) is 13.1 Å². The lowest BCUT2D eigenvalue weighted by Crippen LogP contribution is -2.31. The van der Waals surface area contributed by atoms with Crippen molar-refractivity contribution in [1.29, 1.82) is 0 Å². The third-order valence-corrected chi connectivity index (χ3v) is 4.47. The fraction of sp³-hybridized carbons (Fsp3) is 0.316. The predicted molar refractivity (Wildman–Crippen MR) is 108 cm³/mol. The summed E-state index contributed by atoms with van der Waals surface area (Å²) in [6, 6.07) is 12.3. The Labute approximate surface area is 159 Å². The Morgan fingerprint density at radius 2 is 1.88 bits per heavy atom. The molecule has 0 saturated carbocycles. The lowest BCUT2D eigenvalue weighted by atomic mass is 10.1. The molecule has 0 amide bonds. The molecule has 0 saturated heterocycles. The maximum absolute atomic E-state index is 5.40. The molecule has 6 nitrogen and oxygen atoms in total. The van der Waals surface area contributed by atoms with Crippen LogP contribution in [0.4, 0.5) is 5.82 Å². The van der Waals surface area contributed by atoms with Crippen molar-refractivity contribution in [3.63, 3.8) is 0 Å². The maximum Gasteiger partial charge on any atom is 0.172 e. The lowest BCUT2D eigenvalue weighted by Gasteiger charge is -2.14. The molecule has 136 valence electrons. The van der Waals surface area contributed by atoms with Gasteiger partial charge in [0.25, 0.3) is 0 Å². The SMILES string of the molecule is CCn1ccc(C(C)NC(=S)Nc2ccn(Cc3ccccc3C)n2)n1. The van der Waals surface area contributed by atoms with E-state index in [9.17, 15) is 0 Å². The van der Waals surface area contributed by atoms with Gasteiger partial charge in [0.15, 0.2) is 10.9 Å². The Balaban J connectivity index is 1.56. The minimum Gasteiger partial charge on any atom is -0.354 e. The first-order valence-electron chi connectivity index (χ1n) is 8.74. The van der Waals surface area contributed by atoms with Crippen LogP contribution >= 0.6 is 12.2 Å². The van der Waals surface area contributed by atoms with E-state index in [2.05, 4.69) is 46.8 Å². The zero-order chi connectivity index (χ0) is 18.5. The van der Waals surface area contributed by atoms with E-state index in [0.717, 1.165) is 24.6 Å². The van der Waals surface area contributed by atoms with Crippen LogP contribution in [0, 0.1) is 6.92 Å². The number of hydrogen-bond donors (Lipinski definition) is 2. The Morgan fingerprint density at radius 1 is 1.12 bits per heavy atom. The molecule has 1 aromatic carbocycles. The molecule has 0 bridgehead atoms. The van der Waals surface area contributed by atoms with Gasteiger partial charge in [0.05, 0.1) is 18.3 Å². The molecular formula is C19H24N6S. The van der Waals surface area contributed by atoms with Gasteiger partial charge in [0.2, 0.25) is 0 Å². The van der Waals surface area contributed by atoms with Gasteiger partial charge in [-0.05, 0) is 50.2 Å². The van der Waals surface area contributed by atoms with E-state index in [4.69, 9.17) is 12.2 Å². The van der Waals surface area contributed by atoms with Gasteiger partial charge in [-0.15, -0.1) is 0 Å². The zero-order valence-electron chi connectivity index (χ0n) is 15.3. The Kier molecular flexibility index (Phi) is 5.68. The van der Waals surface area contributed by atoms with Crippen molar-refractivity contribution in [3.05, 3.63) is 65.6 Å². The highest BCUT2D eigenvalue weighted by molar-refractivity contribution is 7.80. The molecule has 0 aliphatic rings. The average molecular weight is 369 g/mol. The Hall–Kier alpha value is -2.67. The zero-order valence-corrected chi connectivity index (χ0v) is 16.1. The highest BCUT2D eigenvalue weighted by Crippen LogP contribution is 2.12. The fourth-order valence-corrected chi connectivity index (χ4v) is 2.97. The summed E-state index contributed by atoms with van der Waals surface area (Å²) in [6.45, 7) is 7.80. The first kappa shape index (κ1) is 18.1.